The lowest BCUT2D eigenvalue weighted by atomic mass is 10.1. The zero-order chi connectivity index (χ0) is 12.2. The molecule has 0 saturated carbocycles. The quantitative estimate of drug-likeness (QED) is 0.845. The summed E-state index contributed by atoms with van der Waals surface area (Å²) in [7, 11) is 0. The molecule has 5 heteroatoms. The third-order valence-corrected chi connectivity index (χ3v) is 3.57. The van der Waals surface area contributed by atoms with Crippen molar-refractivity contribution >= 4 is 11.3 Å². The summed E-state index contributed by atoms with van der Waals surface area (Å²) >= 11 is 1.46. The molecule has 0 bridgehead atoms. The molecule has 92 valence electrons. The first-order valence-electron chi connectivity index (χ1n) is 5.35. The number of rotatable bonds is 5. The second kappa shape index (κ2) is 5.68. The SMILES string of the molecule is CCNC(Cc1ccc(CC)s1)C(F)(F)F. The van der Waals surface area contributed by atoms with Crippen molar-refractivity contribution in [2.75, 3.05) is 6.54 Å². The first kappa shape index (κ1) is 13.5. The minimum atomic E-state index is -4.17. The van der Waals surface area contributed by atoms with Gasteiger partial charge in [-0.25, -0.2) is 0 Å². The zero-order valence-corrected chi connectivity index (χ0v) is 10.2. The predicted molar refractivity (Wildman–Crippen MR) is 60.9 cm³/mol. The molecule has 0 saturated heterocycles. The van der Waals surface area contributed by atoms with E-state index in [9.17, 15) is 13.2 Å². The van der Waals surface area contributed by atoms with Crippen LogP contribution in [0.15, 0.2) is 12.1 Å². The molecule has 0 radical (unpaired) electrons. The van der Waals surface area contributed by atoms with Crippen LogP contribution in [0.5, 0.6) is 0 Å². The highest BCUT2D eigenvalue weighted by Crippen LogP contribution is 2.26. The van der Waals surface area contributed by atoms with Gasteiger partial charge in [-0.3, -0.25) is 0 Å². The van der Waals surface area contributed by atoms with Crippen molar-refractivity contribution in [1.29, 1.82) is 0 Å². The molecule has 1 nitrogen and oxygen atoms in total. The van der Waals surface area contributed by atoms with E-state index < -0.39 is 12.2 Å². The second-order valence-electron chi connectivity index (χ2n) is 3.58. The first-order valence-corrected chi connectivity index (χ1v) is 6.16. The summed E-state index contributed by atoms with van der Waals surface area (Å²) in [5, 5.41) is 2.48. The molecule has 0 aromatic carbocycles. The molecule has 16 heavy (non-hydrogen) atoms. The van der Waals surface area contributed by atoms with Crippen LogP contribution < -0.4 is 5.32 Å². The van der Waals surface area contributed by atoms with Crippen LogP contribution in [0.3, 0.4) is 0 Å². The van der Waals surface area contributed by atoms with Crippen molar-refractivity contribution in [3.63, 3.8) is 0 Å². The third-order valence-electron chi connectivity index (χ3n) is 2.32. The van der Waals surface area contributed by atoms with Gasteiger partial charge in [0.25, 0.3) is 0 Å². The normalized spacial score (nSPS) is 14.1. The molecule has 0 aliphatic carbocycles. The van der Waals surface area contributed by atoms with Crippen LogP contribution in [-0.4, -0.2) is 18.8 Å². The Morgan fingerprint density at radius 3 is 2.31 bits per heavy atom. The molecule has 0 aliphatic rings. The lowest BCUT2D eigenvalue weighted by Crippen LogP contribution is -2.43. The molecule has 1 atom stereocenters. The van der Waals surface area contributed by atoms with Gasteiger partial charge in [0.15, 0.2) is 0 Å². The first-order chi connectivity index (χ1) is 7.47. The maximum atomic E-state index is 12.6. The molecule has 1 aromatic heterocycles. The summed E-state index contributed by atoms with van der Waals surface area (Å²) in [6.45, 7) is 4.02. The highest BCUT2D eigenvalue weighted by molar-refractivity contribution is 7.11. The molecular weight excluding hydrogens is 235 g/mol. The number of halogens is 3. The van der Waals surface area contributed by atoms with Crippen LogP contribution in [-0.2, 0) is 12.8 Å². The summed E-state index contributed by atoms with van der Waals surface area (Å²) in [6, 6.07) is 2.26. The van der Waals surface area contributed by atoms with Gasteiger partial charge in [-0.2, -0.15) is 13.2 Å². The monoisotopic (exact) mass is 251 g/mol. The number of hydrogen-bond donors (Lipinski definition) is 1. The molecule has 1 aromatic rings. The van der Waals surface area contributed by atoms with E-state index >= 15 is 0 Å². The lowest BCUT2D eigenvalue weighted by Gasteiger charge is -2.20. The average molecular weight is 251 g/mol. The molecule has 1 N–H and O–H groups in total. The van der Waals surface area contributed by atoms with Crippen LogP contribution in [0.1, 0.15) is 23.6 Å². The van der Waals surface area contributed by atoms with Gasteiger partial charge in [0.05, 0.1) is 0 Å². The predicted octanol–water partition coefficient (Wildman–Crippen LogP) is 3.39. The van der Waals surface area contributed by atoms with Crippen molar-refractivity contribution in [1.82, 2.24) is 5.32 Å². The Bertz CT molecular complexity index is 319. The summed E-state index contributed by atoms with van der Waals surface area (Å²) in [5.41, 5.74) is 0. The molecule has 0 amide bonds. The van der Waals surface area contributed by atoms with Gasteiger partial charge in [-0.1, -0.05) is 13.8 Å². The minimum Gasteiger partial charge on any atom is -0.306 e. The fourth-order valence-electron chi connectivity index (χ4n) is 1.47. The summed E-state index contributed by atoms with van der Waals surface area (Å²) in [5.74, 6) is 0. The van der Waals surface area contributed by atoms with Gasteiger partial charge < -0.3 is 5.32 Å². The maximum absolute atomic E-state index is 12.6. The van der Waals surface area contributed by atoms with E-state index in [2.05, 4.69) is 5.32 Å². The van der Waals surface area contributed by atoms with E-state index in [1.807, 2.05) is 13.0 Å². The Morgan fingerprint density at radius 2 is 1.88 bits per heavy atom. The Kier molecular flexibility index (Phi) is 4.80. The molecular formula is C11H16F3NS. The Labute approximate surface area is 97.7 Å². The zero-order valence-electron chi connectivity index (χ0n) is 9.40. The summed E-state index contributed by atoms with van der Waals surface area (Å²) in [6.07, 6.45) is -3.27. The molecule has 1 rings (SSSR count). The van der Waals surface area contributed by atoms with Gasteiger partial charge in [-0.05, 0) is 25.1 Å². The molecule has 1 heterocycles. The van der Waals surface area contributed by atoms with Crippen LogP contribution in [0.25, 0.3) is 0 Å². The number of thiophene rings is 1. The van der Waals surface area contributed by atoms with Gasteiger partial charge in [-0.15, -0.1) is 11.3 Å². The van der Waals surface area contributed by atoms with Crippen molar-refractivity contribution in [3.8, 4) is 0 Å². The van der Waals surface area contributed by atoms with E-state index in [-0.39, 0.29) is 6.42 Å². The van der Waals surface area contributed by atoms with Crippen molar-refractivity contribution in [2.24, 2.45) is 0 Å². The number of likely N-dealkylation sites (N-methyl/N-ethyl adjacent to an activating group) is 1. The number of alkyl halides is 3. The van der Waals surface area contributed by atoms with Crippen molar-refractivity contribution in [2.45, 2.75) is 38.9 Å². The Balaban J connectivity index is 2.67. The standard InChI is InChI=1S/C11H16F3NS/c1-3-8-5-6-9(16-8)7-10(15-4-2)11(12,13)14/h5-6,10,15H,3-4,7H2,1-2H3. The second-order valence-corrected chi connectivity index (χ2v) is 4.83. The van der Waals surface area contributed by atoms with Crippen LogP contribution in [0.4, 0.5) is 13.2 Å². The van der Waals surface area contributed by atoms with E-state index in [4.69, 9.17) is 0 Å². The maximum Gasteiger partial charge on any atom is 0.404 e. The van der Waals surface area contributed by atoms with Gasteiger partial charge >= 0.3 is 6.18 Å². The largest absolute Gasteiger partial charge is 0.404 e. The van der Waals surface area contributed by atoms with Crippen LogP contribution in [0.2, 0.25) is 0 Å². The molecule has 0 fully saturated rings. The third kappa shape index (κ3) is 3.79. The van der Waals surface area contributed by atoms with E-state index in [0.29, 0.717) is 6.54 Å². The van der Waals surface area contributed by atoms with Crippen molar-refractivity contribution < 1.29 is 13.2 Å². The molecule has 0 aliphatic heterocycles. The van der Waals surface area contributed by atoms with E-state index in [0.717, 1.165) is 16.2 Å². The fraction of sp³-hybridized carbons (Fsp3) is 0.636. The van der Waals surface area contributed by atoms with Gasteiger partial charge in [0, 0.05) is 16.2 Å². The number of hydrogen-bond acceptors (Lipinski definition) is 2. The molecule has 1 unspecified atom stereocenters. The highest BCUT2D eigenvalue weighted by atomic mass is 32.1. The van der Waals surface area contributed by atoms with Gasteiger partial charge in [0.1, 0.15) is 6.04 Å². The number of nitrogens with one attached hydrogen (secondary N) is 1. The van der Waals surface area contributed by atoms with Crippen molar-refractivity contribution in [3.05, 3.63) is 21.9 Å². The smallest absolute Gasteiger partial charge is 0.306 e. The van der Waals surface area contributed by atoms with E-state index in [1.165, 1.54) is 11.3 Å². The van der Waals surface area contributed by atoms with Crippen LogP contribution in [0, 0.1) is 0 Å². The Hall–Kier alpha value is -0.550. The fourth-order valence-corrected chi connectivity index (χ4v) is 2.48. The lowest BCUT2D eigenvalue weighted by molar-refractivity contribution is -0.155. The van der Waals surface area contributed by atoms with E-state index in [1.54, 1.807) is 13.0 Å². The summed E-state index contributed by atoms with van der Waals surface area (Å²) in [4.78, 5) is 1.92. The van der Waals surface area contributed by atoms with Gasteiger partial charge in [0.2, 0.25) is 0 Å². The minimum absolute atomic E-state index is 0.0298. The topological polar surface area (TPSA) is 12.0 Å². The molecule has 0 spiro atoms. The van der Waals surface area contributed by atoms with Crippen LogP contribution >= 0.6 is 11.3 Å². The number of aryl methyl sites for hydroxylation is 1. The summed E-state index contributed by atoms with van der Waals surface area (Å²) < 4.78 is 37.9. The Morgan fingerprint density at radius 1 is 1.25 bits per heavy atom. The highest BCUT2D eigenvalue weighted by Gasteiger charge is 2.39. The average Bonchev–Trinajstić information content (AvgIpc) is 2.63.